The van der Waals surface area contributed by atoms with E-state index in [0.717, 1.165) is 31.6 Å². The summed E-state index contributed by atoms with van der Waals surface area (Å²) in [6.07, 6.45) is 2.44. The Morgan fingerprint density at radius 3 is 2.58 bits per heavy atom. The Morgan fingerprint density at radius 2 is 1.95 bits per heavy atom. The van der Waals surface area contributed by atoms with Crippen molar-refractivity contribution < 1.29 is 9.13 Å². The normalized spacial score (nSPS) is 12.9. The van der Waals surface area contributed by atoms with Gasteiger partial charge in [-0.2, -0.15) is 0 Å². The largest absolute Gasteiger partial charge is 0.379 e. The van der Waals surface area contributed by atoms with Gasteiger partial charge in [0.15, 0.2) is 0 Å². The maximum Gasteiger partial charge on any atom is 0.126 e. The van der Waals surface area contributed by atoms with Crippen molar-refractivity contribution in [2.75, 3.05) is 13.2 Å². The van der Waals surface area contributed by atoms with Crippen LogP contribution in [0.4, 0.5) is 4.39 Å². The highest BCUT2D eigenvalue weighted by atomic mass is 19.1. The summed E-state index contributed by atoms with van der Waals surface area (Å²) in [6, 6.07) is 5.62. The molecule has 1 rings (SSSR count). The predicted molar refractivity (Wildman–Crippen MR) is 77.9 cm³/mol. The van der Waals surface area contributed by atoms with Crippen LogP contribution >= 0.6 is 0 Å². The van der Waals surface area contributed by atoms with Gasteiger partial charge in [-0.3, -0.25) is 0 Å². The minimum atomic E-state index is -0.128. The number of hydrogen-bond donors (Lipinski definition) is 1. The van der Waals surface area contributed by atoms with Crippen LogP contribution in [0, 0.1) is 12.7 Å². The summed E-state index contributed by atoms with van der Waals surface area (Å²) < 4.78 is 18.9. The van der Waals surface area contributed by atoms with E-state index in [0.29, 0.717) is 11.7 Å². The molecule has 1 N–H and O–H groups in total. The molecule has 0 saturated heterocycles. The van der Waals surface area contributed by atoms with E-state index in [1.807, 2.05) is 26.0 Å². The molecule has 0 aliphatic rings. The minimum absolute atomic E-state index is 0.128. The Hall–Kier alpha value is -0.930. The monoisotopic (exact) mass is 267 g/mol. The molecule has 0 heterocycles. The van der Waals surface area contributed by atoms with Gasteiger partial charge in [0.05, 0.1) is 6.10 Å². The zero-order chi connectivity index (χ0) is 14.3. The van der Waals surface area contributed by atoms with Crippen molar-refractivity contribution in [1.82, 2.24) is 5.32 Å². The Kier molecular flexibility index (Phi) is 7.03. The lowest BCUT2D eigenvalue weighted by atomic mass is 10.1. The number of ether oxygens (including phenoxy) is 1. The van der Waals surface area contributed by atoms with E-state index in [9.17, 15) is 4.39 Å². The molecule has 19 heavy (non-hydrogen) atoms. The average molecular weight is 267 g/mol. The molecule has 1 aromatic rings. The van der Waals surface area contributed by atoms with E-state index < -0.39 is 0 Å². The lowest BCUT2D eigenvalue weighted by Crippen LogP contribution is -2.20. The maximum absolute atomic E-state index is 13.5. The molecule has 0 aliphatic carbocycles. The van der Waals surface area contributed by atoms with Crippen molar-refractivity contribution in [3.8, 4) is 0 Å². The molecule has 0 aliphatic heterocycles. The summed E-state index contributed by atoms with van der Waals surface area (Å²) in [7, 11) is 0. The Morgan fingerprint density at radius 1 is 1.21 bits per heavy atom. The lowest BCUT2D eigenvalue weighted by Gasteiger charge is -2.15. The molecular weight excluding hydrogens is 241 g/mol. The van der Waals surface area contributed by atoms with Gasteiger partial charge in [0.25, 0.3) is 0 Å². The van der Waals surface area contributed by atoms with Gasteiger partial charge in [-0.05, 0) is 64.3 Å². The highest BCUT2D eigenvalue weighted by molar-refractivity contribution is 5.25. The average Bonchev–Trinajstić information content (AvgIpc) is 2.36. The highest BCUT2D eigenvalue weighted by Gasteiger charge is 2.06. The van der Waals surface area contributed by atoms with E-state index >= 15 is 0 Å². The maximum atomic E-state index is 13.5. The van der Waals surface area contributed by atoms with Crippen LogP contribution in [-0.4, -0.2) is 19.3 Å². The molecule has 108 valence electrons. The number of hydrogen-bond acceptors (Lipinski definition) is 2. The first-order valence-electron chi connectivity index (χ1n) is 7.11. The van der Waals surface area contributed by atoms with Gasteiger partial charge in [-0.15, -0.1) is 0 Å². The smallest absolute Gasteiger partial charge is 0.126 e. The number of aryl methyl sites for hydroxylation is 1. The molecule has 1 atom stereocenters. The Bertz CT molecular complexity index is 379. The zero-order valence-electron chi connectivity index (χ0n) is 12.5. The summed E-state index contributed by atoms with van der Waals surface area (Å²) in [5, 5.41) is 3.41. The van der Waals surface area contributed by atoms with Gasteiger partial charge in [0.1, 0.15) is 5.82 Å². The molecule has 0 fully saturated rings. The van der Waals surface area contributed by atoms with Crippen molar-refractivity contribution in [1.29, 1.82) is 0 Å². The van der Waals surface area contributed by atoms with Gasteiger partial charge in [-0.1, -0.05) is 12.1 Å². The summed E-state index contributed by atoms with van der Waals surface area (Å²) >= 11 is 0. The van der Waals surface area contributed by atoms with E-state index in [1.54, 1.807) is 13.0 Å². The molecular formula is C16H26FNO. The van der Waals surface area contributed by atoms with Crippen LogP contribution in [0.3, 0.4) is 0 Å². The third kappa shape index (κ3) is 6.17. The molecule has 0 radical (unpaired) electrons. The molecule has 0 aromatic heterocycles. The predicted octanol–water partition coefficient (Wildman–Crippen LogP) is 3.99. The molecule has 0 amide bonds. The van der Waals surface area contributed by atoms with Crippen molar-refractivity contribution in [3.63, 3.8) is 0 Å². The molecule has 0 bridgehead atoms. The molecule has 3 heteroatoms. The van der Waals surface area contributed by atoms with E-state index in [1.165, 1.54) is 0 Å². The summed E-state index contributed by atoms with van der Waals surface area (Å²) in [4.78, 5) is 0. The van der Waals surface area contributed by atoms with Gasteiger partial charge in [0, 0.05) is 12.6 Å². The fourth-order valence-electron chi connectivity index (χ4n) is 1.86. The van der Waals surface area contributed by atoms with Crippen LogP contribution < -0.4 is 5.32 Å². The van der Waals surface area contributed by atoms with E-state index in [4.69, 9.17) is 4.74 Å². The molecule has 0 spiro atoms. The minimum Gasteiger partial charge on any atom is -0.379 e. The molecule has 1 unspecified atom stereocenters. The second-order valence-electron chi connectivity index (χ2n) is 5.31. The van der Waals surface area contributed by atoms with E-state index in [-0.39, 0.29) is 11.9 Å². The highest BCUT2D eigenvalue weighted by Crippen LogP contribution is 2.16. The number of unbranched alkanes of at least 4 members (excludes halogenated alkanes) is 1. The van der Waals surface area contributed by atoms with Gasteiger partial charge >= 0.3 is 0 Å². The third-order valence-electron chi connectivity index (χ3n) is 3.17. The van der Waals surface area contributed by atoms with Crippen LogP contribution in [-0.2, 0) is 4.74 Å². The number of nitrogens with one attached hydrogen (secondary N) is 1. The molecule has 0 saturated carbocycles. The first-order valence-corrected chi connectivity index (χ1v) is 7.11. The van der Waals surface area contributed by atoms with Crippen molar-refractivity contribution in [2.45, 2.75) is 52.7 Å². The Labute approximate surface area is 116 Å². The van der Waals surface area contributed by atoms with Gasteiger partial charge in [-0.25, -0.2) is 4.39 Å². The van der Waals surface area contributed by atoms with Crippen LogP contribution in [0.15, 0.2) is 18.2 Å². The second kappa shape index (κ2) is 8.28. The fraction of sp³-hybridized carbons (Fsp3) is 0.625. The lowest BCUT2D eigenvalue weighted by molar-refractivity contribution is 0.0759. The first kappa shape index (κ1) is 16.1. The van der Waals surface area contributed by atoms with Crippen LogP contribution in [0.1, 0.15) is 50.8 Å². The van der Waals surface area contributed by atoms with Crippen LogP contribution in [0.25, 0.3) is 0 Å². The number of rotatable bonds is 8. The van der Waals surface area contributed by atoms with Crippen molar-refractivity contribution in [2.24, 2.45) is 0 Å². The summed E-state index contributed by atoms with van der Waals surface area (Å²) in [5.41, 5.74) is 1.70. The quantitative estimate of drug-likeness (QED) is 0.719. The standard InChI is InChI=1S/C16H26FNO/c1-12(2)19-10-6-5-9-18-14(4)15-8-7-13(3)16(17)11-15/h7-8,11-12,14,18H,5-6,9-10H2,1-4H3. The van der Waals surface area contributed by atoms with E-state index in [2.05, 4.69) is 12.2 Å². The van der Waals surface area contributed by atoms with Gasteiger partial charge in [0.2, 0.25) is 0 Å². The fourth-order valence-corrected chi connectivity index (χ4v) is 1.86. The number of halogens is 1. The third-order valence-corrected chi connectivity index (χ3v) is 3.17. The topological polar surface area (TPSA) is 21.3 Å². The molecule has 2 nitrogen and oxygen atoms in total. The van der Waals surface area contributed by atoms with Gasteiger partial charge < -0.3 is 10.1 Å². The van der Waals surface area contributed by atoms with Crippen LogP contribution in [0.5, 0.6) is 0 Å². The second-order valence-corrected chi connectivity index (χ2v) is 5.31. The zero-order valence-corrected chi connectivity index (χ0v) is 12.5. The van der Waals surface area contributed by atoms with Crippen molar-refractivity contribution in [3.05, 3.63) is 35.1 Å². The Balaban J connectivity index is 2.23. The molecule has 1 aromatic carbocycles. The summed E-state index contributed by atoms with van der Waals surface area (Å²) in [5.74, 6) is -0.128. The number of benzene rings is 1. The van der Waals surface area contributed by atoms with Crippen molar-refractivity contribution >= 4 is 0 Å². The first-order chi connectivity index (χ1) is 9.00. The summed E-state index contributed by atoms with van der Waals surface area (Å²) in [6.45, 7) is 9.68. The van der Waals surface area contributed by atoms with Crippen LogP contribution in [0.2, 0.25) is 0 Å². The SMILES string of the molecule is Cc1ccc(C(C)NCCCCOC(C)C)cc1F.